The van der Waals surface area contributed by atoms with Crippen molar-refractivity contribution < 1.29 is 25.4 Å². The van der Waals surface area contributed by atoms with E-state index in [0.29, 0.717) is 0 Å². The van der Waals surface area contributed by atoms with E-state index in [1.807, 2.05) is 0 Å². The van der Waals surface area contributed by atoms with E-state index in [0.717, 1.165) is 0 Å². The predicted molar refractivity (Wildman–Crippen MR) is 51.4 cm³/mol. The van der Waals surface area contributed by atoms with Gasteiger partial charge in [0.25, 0.3) is 0 Å². The summed E-state index contributed by atoms with van der Waals surface area (Å²) in [6.07, 6.45) is 0. The molecule has 0 rings (SSSR count). The van der Waals surface area contributed by atoms with Crippen molar-refractivity contribution in [3.05, 3.63) is 10.4 Å². The van der Waals surface area contributed by atoms with Crippen LogP contribution in [0.2, 0.25) is 0 Å². The maximum atomic E-state index is 11.3. The lowest BCUT2D eigenvalue weighted by Crippen LogP contribution is -3.58. The fraction of sp³-hybridized carbons (Fsp3) is 1.00. The molecule has 0 amide bonds. The van der Waals surface area contributed by atoms with Crippen LogP contribution < -0.4 is 10.5 Å². The van der Waals surface area contributed by atoms with Crippen LogP contribution in [-0.2, 0) is 14.9 Å². The molecule has 0 fully saturated rings. The fourth-order valence-corrected chi connectivity index (χ4v) is 0.494. The molecular formula is C8H20N2O5. The molecule has 2 N–H and O–H groups in total. The van der Waals surface area contributed by atoms with Crippen molar-refractivity contribution in [3.8, 4) is 0 Å². The number of quaternary nitrogens is 2. The summed E-state index contributed by atoms with van der Waals surface area (Å²) in [5, 5.41) is 24.9. The lowest BCUT2D eigenvalue weighted by atomic mass is 10.1. The second-order valence-electron chi connectivity index (χ2n) is 5.21. The van der Waals surface area contributed by atoms with Crippen molar-refractivity contribution in [3.63, 3.8) is 0 Å². The first kappa shape index (κ1) is 14.7. The van der Waals surface area contributed by atoms with E-state index in [2.05, 4.69) is 14.9 Å². The zero-order valence-electron chi connectivity index (χ0n) is 10.0. The van der Waals surface area contributed by atoms with E-state index in [1.165, 1.54) is 0 Å². The number of rotatable bonds is 4. The number of hydroxylamine groups is 1. The SMILES string of the molecule is CC(C)(C)OOO[NH+]([O-])[NH+]([O-])C(C)(C)C. The Hall–Kier alpha value is -0.280. The molecule has 2 atom stereocenters. The summed E-state index contributed by atoms with van der Waals surface area (Å²) in [5.74, 6) is 0. The van der Waals surface area contributed by atoms with Crippen LogP contribution in [0.3, 0.4) is 0 Å². The third-order valence-corrected chi connectivity index (χ3v) is 1.26. The van der Waals surface area contributed by atoms with Gasteiger partial charge < -0.3 is 10.4 Å². The minimum absolute atomic E-state index is 0.606. The Balaban J connectivity index is 3.90. The van der Waals surface area contributed by atoms with E-state index in [9.17, 15) is 10.4 Å². The van der Waals surface area contributed by atoms with Gasteiger partial charge in [0.2, 0.25) is 0 Å². The van der Waals surface area contributed by atoms with E-state index in [4.69, 9.17) is 0 Å². The van der Waals surface area contributed by atoms with Crippen LogP contribution in [0.15, 0.2) is 0 Å². The van der Waals surface area contributed by atoms with Crippen LogP contribution in [0.5, 0.6) is 0 Å². The van der Waals surface area contributed by atoms with Gasteiger partial charge >= 0.3 is 0 Å². The average molecular weight is 224 g/mol. The molecule has 0 aliphatic rings. The summed E-state index contributed by atoms with van der Waals surface area (Å²) in [5.41, 5.74) is -1.40. The van der Waals surface area contributed by atoms with Crippen molar-refractivity contribution in [2.75, 3.05) is 0 Å². The standard InChI is InChI=1S/C8H20N2O5/c1-7(2,3)9(11)10(12)14-15-13-8(4,5)6/h9-10H,1-6H3. The minimum Gasteiger partial charge on any atom is -0.580 e. The molecule has 0 aromatic rings. The van der Waals surface area contributed by atoms with Crippen molar-refractivity contribution in [1.82, 2.24) is 0 Å². The van der Waals surface area contributed by atoms with Crippen molar-refractivity contribution >= 4 is 0 Å². The molecule has 0 saturated heterocycles. The largest absolute Gasteiger partial charge is 0.580 e. The molecule has 0 heterocycles. The first-order valence-corrected chi connectivity index (χ1v) is 4.65. The normalized spacial score (nSPS) is 17.6. The molecule has 15 heavy (non-hydrogen) atoms. The highest BCUT2D eigenvalue weighted by molar-refractivity contribution is 4.54. The van der Waals surface area contributed by atoms with Gasteiger partial charge in [-0.15, -0.1) is 0 Å². The molecule has 0 spiro atoms. The quantitative estimate of drug-likeness (QED) is 0.475. The summed E-state index contributed by atoms with van der Waals surface area (Å²) in [6, 6.07) is 0. The predicted octanol–water partition coefficient (Wildman–Crippen LogP) is -0.941. The van der Waals surface area contributed by atoms with Crippen LogP contribution in [0.25, 0.3) is 0 Å². The van der Waals surface area contributed by atoms with E-state index < -0.39 is 21.6 Å². The van der Waals surface area contributed by atoms with E-state index in [1.54, 1.807) is 41.5 Å². The summed E-state index contributed by atoms with van der Waals surface area (Å²) < 4.78 is 0. The number of nitrogens with one attached hydrogen (secondary N) is 2. The van der Waals surface area contributed by atoms with Gasteiger partial charge in [0, 0.05) is 0 Å². The second-order valence-corrected chi connectivity index (χ2v) is 5.21. The van der Waals surface area contributed by atoms with Gasteiger partial charge in [0.15, 0.2) is 0 Å². The molecule has 7 nitrogen and oxygen atoms in total. The molecule has 92 valence electrons. The van der Waals surface area contributed by atoms with Gasteiger partial charge in [-0.3, -0.25) is 0 Å². The molecule has 0 bridgehead atoms. The monoisotopic (exact) mass is 224 g/mol. The van der Waals surface area contributed by atoms with Gasteiger partial charge in [-0.1, -0.05) is 0 Å². The van der Waals surface area contributed by atoms with Gasteiger partial charge in [-0.2, -0.15) is 10.1 Å². The Morgan fingerprint density at radius 3 is 1.73 bits per heavy atom. The first-order chi connectivity index (χ1) is 6.54. The minimum atomic E-state index is -1.06. The number of hydrogen-bond acceptors (Lipinski definition) is 5. The van der Waals surface area contributed by atoms with E-state index in [-0.39, 0.29) is 0 Å². The zero-order chi connectivity index (χ0) is 12.3. The third kappa shape index (κ3) is 6.74. The Bertz CT molecular complexity index is 186. The van der Waals surface area contributed by atoms with Crippen molar-refractivity contribution in [2.45, 2.75) is 52.7 Å². The molecule has 2 unspecified atom stereocenters. The average Bonchev–Trinajstić information content (AvgIpc) is 1.98. The van der Waals surface area contributed by atoms with Crippen LogP contribution >= 0.6 is 0 Å². The zero-order valence-corrected chi connectivity index (χ0v) is 10.0. The lowest BCUT2D eigenvalue weighted by molar-refractivity contribution is -1.57. The molecule has 7 heteroatoms. The van der Waals surface area contributed by atoms with Gasteiger partial charge in [-0.05, 0) is 51.9 Å². The molecule has 0 aliphatic carbocycles. The molecule has 0 aromatic carbocycles. The summed E-state index contributed by atoms with van der Waals surface area (Å²) in [4.78, 5) is 8.86. The molecule has 0 aromatic heterocycles. The van der Waals surface area contributed by atoms with E-state index >= 15 is 0 Å². The van der Waals surface area contributed by atoms with Crippen LogP contribution in [0, 0.1) is 10.4 Å². The van der Waals surface area contributed by atoms with Crippen LogP contribution in [0.1, 0.15) is 41.5 Å². The fourth-order valence-electron chi connectivity index (χ4n) is 0.494. The van der Waals surface area contributed by atoms with Gasteiger partial charge in [0.05, 0.1) is 10.6 Å². The summed E-state index contributed by atoms with van der Waals surface area (Å²) in [7, 11) is 0. The smallest absolute Gasteiger partial charge is 0.135 e. The third-order valence-electron chi connectivity index (χ3n) is 1.26. The summed E-state index contributed by atoms with van der Waals surface area (Å²) >= 11 is 0. The second kappa shape index (κ2) is 5.17. The Morgan fingerprint density at radius 2 is 1.40 bits per heavy atom. The summed E-state index contributed by atoms with van der Waals surface area (Å²) in [6.45, 7) is 9.98. The Morgan fingerprint density at radius 1 is 0.933 bits per heavy atom. The Labute approximate surface area is 89.4 Å². The number of hydrogen-bond donors (Lipinski definition) is 2. The van der Waals surface area contributed by atoms with Gasteiger partial charge in [0.1, 0.15) is 5.54 Å². The van der Waals surface area contributed by atoms with Crippen molar-refractivity contribution in [1.29, 1.82) is 0 Å². The van der Waals surface area contributed by atoms with Crippen molar-refractivity contribution in [2.24, 2.45) is 0 Å². The molecular weight excluding hydrogens is 204 g/mol. The topological polar surface area (TPSA) is 82.7 Å². The van der Waals surface area contributed by atoms with Crippen LogP contribution in [0.4, 0.5) is 0 Å². The molecule has 0 saturated carbocycles. The highest BCUT2D eigenvalue weighted by atomic mass is 17.6. The maximum Gasteiger partial charge on any atom is 0.135 e. The lowest BCUT2D eigenvalue weighted by Gasteiger charge is -2.37. The first-order valence-electron chi connectivity index (χ1n) is 4.65. The Kier molecular flexibility index (Phi) is 5.07. The maximum absolute atomic E-state index is 11.3. The highest BCUT2D eigenvalue weighted by Gasteiger charge is 2.26. The highest BCUT2D eigenvalue weighted by Crippen LogP contribution is 2.05. The molecule has 0 radical (unpaired) electrons. The van der Waals surface area contributed by atoms with Gasteiger partial charge in [-0.25, -0.2) is 0 Å². The van der Waals surface area contributed by atoms with Crippen LogP contribution in [-0.4, -0.2) is 11.1 Å². The molecule has 0 aliphatic heterocycles.